The second-order valence-electron chi connectivity index (χ2n) is 6.19. The number of nitrogens with zero attached hydrogens (tertiary/aromatic N) is 1. The van der Waals surface area contributed by atoms with Gasteiger partial charge in [-0.05, 0) is 30.2 Å². The van der Waals surface area contributed by atoms with Gasteiger partial charge in [0.2, 0.25) is 7.37 Å². The zero-order chi connectivity index (χ0) is 18.3. The third-order valence-electron chi connectivity index (χ3n) is 3.97. The Morgan fingerprint density at radius 3 is 2.40 bits per heavy atom. The fourth-order valence-corrected chi connectivity index (χ4v) is 4.30. The third kappa shape index (κ3) is 6.45. The van der Waals surface area contributed by atoms with E-state index in [1.165, 1.54) is 0 Å². The van der Waals surface area contributed by atoms with Gasteiger partial charge in [-0.25, -0.2) is 0 Å². The number of nitriles is 1. The summed E-state index contributed by atoms with van der Waals surface area (Å²) in [7, 11) is -3.44. The van der Waals surface area contributed by atoms with Crippen molar-refractivity contribution in [1.29, 1.82) is 5.26 Å². The normalized spacial score (nSPS) is 15.8. The Labute approximate surface area is 148 Å². The van der Waals surface area contributed by atoms with E-state index in [9.17, 15) is 14.6 Å². The minimum Gasteiger partial charge on any atom is -0.391 e. The highest BCUT2D eigenvalue weighted by atomic mass is 31.2. The molecule has 0 saturated carbocycles. The zero-order valence-electron chi connectivity index (χ0n) is 14.2. The lowest BCUT2D eigenvalue weighted by Crippen LogP contribution is -2.31. The fraction of sp³-hybridized carbons (Fsp3) is 0.316. The second-order valence-corrected chi connectivity index (χ2v) is 8.56. The van der Waals surface area contributed by atoms with Gasteiger partial charge in [0.25, 0.3) is 0 Å². The molecule has 2 unspecified atom stereocenters. The van der Waals surface area contributed by atoms with E-state index in [0.717, 1.165) is 11.1 Å². The summed E-state index contributed by atoms with van der Waals surface area (Å²) in [4.78, 5) is 10.1. The van der Waals surface area contributed by atoms with E-state index in [1.807, 2.05) is 37.3 Å². The van der Waals surface area contributed by atoms with Gasteiger partial charge in [-0.3, -0.25) is 4.57 Å². The molecule has 5 nitrogen and oxygen atoms in total. The number of benzene rings is 2. The average molecular weight is 358 g/mol. The summed E-state index contributed by atoms with van der Waals surface area (Å²) < 4.78 is 12.3. The molecular formula is C19H23N2O3P. The summed E-state index contributed by atoms with van der Waals surface area (Å²) in [6.45, 7) is 2.16. The first kappa shape index (κ1) is 19.4. The average Bonchev–Trinajstić information content (AvgIpc) is 2.59. The highest BCUT2D eigenvalue weighted by Crippen LogP contribution is 2.44. The Bertz CT molecular complexity index is 756. The van der Waals surface area contributed by atoms with Crippen molar-refractivity contribution in [1.82, 2.24) is 5.32 Å². The van der Waals surface area contributed by atoms with E-state index in [0.29, 0.717) is 5.56 Å². The van der Waals surface area contributed by atoms with Crippen LogP contribution in [0, 0.1) is 11.3 Å². The number of aliphatic hydroxyl groups excluding tert-OH is 1. The summed E-state index contributed by atoms with van der Waals surface area (Å²) in [6, 6.07) is 18.4. The van der Waals surface area contributed by atoms with Gasteiger partial charge in [-0.2, -0.15) is 5.26 Å². The van der Waals surface area contributed by atoms with Gasteiger partial charge in [-0.15, -0.1) is 0 Å². The summed E-state index contributed by atoms with van der Waals surface area (Å²) >= 11 is 0. The van der Waals surface area contributed by atoms with Gasteiger partial charge in [0.1, 0.15) is 0 Å². The molecule has 0 saturated heterocycles. The number of aliphatic hydroxyl groups is 1. The third-order valence-corrected chi connectivity index (χ3v) is 5.82. The smallest absolute Gasteiger partial charge is 0.207 e. The first-order valence-electron chi connectivity index (χ1n) is 8.16. The van der Waals surface area contributed by atoms with E-state index in [-0.39, 0.29) is 24.9 Å². The van der Waals surface area contributed by atoms with Crippen LogP contribution in [0.4, 0.5) is 0 Å². The largest absolute Gasteiger partial charge is 0.391 e. The molecule has 2 aromatic carbocycles. The molecule has 3 atom stereocenters. The summed E-state index contributed by atoms with van der Waals surface area (Å²) in [5.74, 6) is 0. The van der Waals surface area contributed by atoms with Crippen molar-refractivity contribution in [2.24, 2.45) is 0 Å². The molecule has 0 amide bonds. The molecule has 0 aliphatic rings. The minimum absolute atomic E-state index is 0.0328. The maximum absolute atomic E-state index is 12.3. The maximum atomic E-state index is 12.3. The molecule has 0 aromatic heterocycles. The first-order valence-corrected chi connectivity index (χ1v) is 10.2. The van der Waals surface area contributed by atoms with E-state index in [1.54, 1.807) is 24.3 Å². The Hall–Kier alpha value is -1.96. The highest BCUT2D eigenvalue weighted by Gasteiger charge is 2.23. The lowest BCUT2D eigenvalue weighted by Gasteiger charge is -2.20. The number of hydrogen-bond donors (Lipinski definition) is 3. The van der Waals surface area contributed by atoms with Crippen molar-refractivity contribution in [2.45, 2.75) is 25.2 Å². The van der Waals surface area contributed by atoms with Crippen LogP contribution in [-0.2, 0) is 10.7 Å². The van der Waals surface area contributed by atoms with Crippen LogP contribution in [0.25, 0.3) is 0 Å². The Morgan fingerprint density at radius 1 is 1.16 bits per heavy atom. The van der Waals surface area contributed by atoms with Crippen molar-refractivity contribution in [3.8, 4) is 6.07 Å². The quantitative estimate of drug-likeness (QED) is 0.631. The molecule has 0 heterocycles. The molecule has 25 heavy (non-hydrogen) atoms. The molecule has 2 rings (SSSR count). The monoisotopic (exact) mass is 358 g/mol. The first-order chi connectivity index (χ1) is 11.9. The Balaban J connectivity index is 1.83. The van der Waals surface area contributed by atoms with Crippen LogP contribution >= 0.6 is 7.37 Å². The second kappa shape index (κ2) is 8.94. The number of nitrogens with one attached hydrogen (secondary N) is 1. The lowest BCUT2D eigenvalue weighted by atomic mass is 10.1. The summed E-state index contributed by atoms with van der Waals surface area (Å²) in [5, 5.41) is 22.1. The van der Waals surface area contributed by atoms with Gasteiger partial charge in [0.05, 0.1) is 23.9 Å². The van der Waals surface area contributed by atoms with E-state index in [4.69, 9.17) is 5.26 Å². The van der Waals surface area contributed by atoms with Crippen LogP contribution < -0.4 is 5.32 Å². The number of rotatable bonds is 8. The summed E-state index contributed by atoms with van der Waals surface area (Å²) in [6.07, 6.45) is -0.981. The predicted molar refractivity (Wildman–Crippen MR) is 98.4 cm³/mol. The Morgan fingerprint density at radius 2 is 1.80 bits per heavy atom. The van der Waals surface area contributed by atoms with Gasteiger partial charge < -0.3 is 15.3 Å². The zero-order valence-corrected chi connectivity index (χ0v) is 15.1. The lowest BCUT2D eigenvalue weighted by molar-refractivity contribution is 0.186. The van der Waals surface area contributed by atoms with Crippen LogP contribution in [0.2, 0.25) is 0 Å². The molecule has 132 valence electrons. The molecule has 0 aliphatic heterocycles. The van der Waals surface area contributed by atoms with Crippen LogP contribution in [0.5, 0.6) is 0 Å². The van der Waals surface area contributed by atoms with E-state index in [2.05, 4.69) is 11.4 Å². The SMILES string of the molecule is CC(NC[C@@H](O)CP(=O)(O)Cc1ccccc1)c1ccc(C#N)cc1. The molecule has 6 heteroatoms. The van der Waals surface area contributed by atoms with Crippen molar-refractivity contribution >= 4 is 7.37 Å². The van der Waals surface area contributed by atoms with Crippen LogP contribution in [-0.4, -0.2) is 28.8 Å². The molecule has 0 fully saturated rings. The summed E-state index contributed by atoms with van der Waals surface area (Å²) in [5.41, 5.74) is 2.38. The molecular weight excluding hydrogens is 335 g/mol. The molecule has 0 aliphatic carbocycles. The molecule has 0 spiro atoms. The standard InChI is InChI=1S/C19H23N2O3P/c1-15(18-9-7-16(11-20)8-10-18)21-12-19(22)14-25(23,24)13-17-5-3-2-4-6-17/h2-10,15,19,21-22H,12-14H2,1H3,(H,23,24)/t15?,19-/m1/s1. The van der Waals surface area contributed by atoms with Crippen molar-refractivity contribution in [2.75, 3.05) is 12.7 Å². The van der Waals surface area contributed by atoms with E-state index < -0.39 is 13.5 Å². The maximum Gasteiger partial charge on any atom is 0.207 e. The van der Waals surface area contributed by atoms with Gasteiger partial charge in [0, 0.05) is 18.7 Å². The predicted octanol–water partition coefficient (Wildman–Crippen LogP) is 3.04. The van der Waals surface area contributed by atoms with Gasteiger partial charge >= 0.3 is 0 Å². The molecule has 0 radical (unpaired) electrons. The minimum atomic E-state index is -3.44. The van der Waals surface area contributed by atoms with Crippen molar-refractivity contribution < 1.29 is 14.6 Å². The van der Waals surface area contributed by atoms with Crippen molar-refractivity contribution in [3.63, 3.8) is 0 Å². The topological polar surface area (TPSA) is 93.3 Å². The fourth-order valence-electron chi connectivity index (χ4n) is 2.60. The van der Waals surface area contributed by atoms with E-state index >= 15 is 0 Å². The molecule has 0 bridgehead atoms. The van der Waals surface area contributed by atoms with Gasteiger partial charge in [-0.1, -0.05) is 42.5 Å². The van der Waals surface area contributed by atoms with Crippen LogP contribution in [0.15, 0.2) is 54.6 Å². The molecule has 2 aromatic rings. The number of hydrogen-bond acceptors (Lipinski definition) is 4. The van der Waals surface area contributed by atoms with Crippen LogP contribution in [0.1, 0.15) is 29.7 Å². The van der Waals surface area contributed by atoms with Gasteiger partial charge in [0.15, 0.2) is 0 Å². The molecule has 3 N–H and O–H groups in total. The van der Waals surface area contributed by atoms with Crippen LogP contribution in [0.3, 0.4) is 0 Å². The highest BCUT2D eigenvalue weighted by molar-refractivity contribution is 7.57. The Kier molecular flexibility index (Phi) is 6.92. The van der Waals surface area contributed by atoms with Crippen molar-refractivity contribution in [3.05, 3.63) is 71.3 Å².